The molecule has 0 atom stereocenters. The van der Waals surface area contributed by atoms with E-state index in [0.717, 1.165) is 15.6 Å². The Morgan fingerprint density at radius 3 is 2.48 bits per heavy atom. The smallest absolute Gasteiger partial charge is 0.165 e. The third-order valence-electron chi connectivity index (χ3n) is 2.85. The Labute approximate surface area is 150 Å². The second kappa shape index (κ2) is 7.73. The van der Waals surface area contributed by atoms with Gasteiger partial charge < -0.3 is 9.47 Å². The highest BCUT2D eigenvalue weighted by atomic mass is 79.9. The first-order chi connectivity index (χ1) is 10.0. The van der Waals surface area contributed by atoms with Crippen molar-refractivity contribution < 1.29 is 9.47 Å². The monoisotopic (exact) mass is 452 g/mol. The van der Waals surface area contributed by atoms with E-state index < -0.39 is 0 Å². The minimum Gasteiger partial charge on any atom is -0.493 e. The van der Waals surface area contributed by atoms with Gasteiger partial charge in [-0.3, -0.25) is 0 Å². The quantitative estimate of drug-likeness (QED) is 0.498. The highest BCUT2D eigenvalue weighted by Crippen LogP contribution is 2.36. The molecule has 0 heterocycles. The number of rotatable bonds is 5. The number of halogens is 4. The van der Waals surface area contributed by atoms with Crippen LogP contribution in [0.1, 0.15) is 11.1 Å². The number of alkyl halides is 1. The first-order valence-corrected chi connectivity index (χ1v) is 8.71. The lowest BCUT2D eigenvalue weighted by atomic mass is 10.2. The van der Waals surface area contributed by atoms with E-state index in [9.17, 15) is 0 Å². The summed E-state index contributed by atoms with van der Waals surface area (Å²) in [6.07, 6.45) is 0. The summed E-state index contributed by atoms with van der Waals surface area (Å²) in [4.78, 5) is 0. The maximum absolute atomic E-state index is 6.20. The van der Waals surface area contributed by atoms with Crippen molar-refractivity contribution in [2.24, 2.45) is 0 Å². The average molecular weight is 455 g/mol. The summed E-state index contributed by atoms with van der Waals surface area (Å²) in [7, 11) is 1.59. The van der Waals surface area contributed by atoms with Gasteiger partial charge in [-0.1, -0.05) is 61.1 Å². The van der Waals surface area contributed by atoms with Crippen molar-refractivity contribution in [3.8, 4) is 11.5 Å². The van der Waals surface area contributed by atoms with Crippen molar-refractivity contribution >= 4 is 55.1 Å². The molecular formula is C15H12Br2Cl2O2. The molecular weight excluding hydrogens is 443 g/mol. The molecule has 0 radical (unpaired) electrons. The van der Waals surface area contributed by atoms with Gasteiger partial charge in [0.25, 0.3) is 0 Å². The van der Waals surface area contributed by atoms with Crippen LogP contribution < -0.4 is 9.47 Å². The van der Waals surface area contributed by atoms with Gasteiger partial charge in [0.05, 0.1) is 7.11 Å². The Balaban J connectivity index is 2.26. The van der Waals surface area contributed by atoms with Crippen molar-refractivity contribution in [2.75, 3.05) is 7.11 Å². The fourth-order valence-electron chi connectivity index (χ4n) is 1.83. The molecule has 0 N–H and O–H groups in total. The molecule has 0 fully saturated rings. The van der Waals surface area contributed by atoms with Crippen molar-refractivity contribution in [3.05, 3.63) is 56.0 Å². The molecule has 0 amide bonds. The molecule has 2 nitrogen and oxygen atoms in total. The normalized spacial score (nSPS) is 10.5. The molecule has 2 rings (SSSR count). The Hall–Kier alpha value is -0.420. The topological polar surface area (TPSA) is 18.5 Å². The van der Waals surface area contributed by atoms with Gasteiger partial charge >= 0.3 is 0 Å². The molecule has 0 unspecified atom stereocenters. The lowest BCUT2D eigenvalue weighted by Crippen LogP contribution is -2.01. The molecule has 21 heavy (non-hydrogen) atoms. The largest absolute Gasteiger partial charge is 0.493 e. The van der Waals surface area contributed by atoms with Crippen molar-refractivity contribution in [2.45, 2.75) is 11.9 Å². The van der Waals surface area contributed by atoms with Crippen LogP contribution in [0.25, 0.3) is 0 Å². The Kier molecular flexibility index (Phi) is 6.23. The Morgan fingerprint density at radius 2 is 1.86 bits per heavy atom. The van der Waals surface area contributed by atoms with E-state index in [1.165, 1.54) is 0 Å². The summed E-state index contributed by atoms with van der Waals surface area (Å²) in [5.74, 6) is 1.27. The van der Waals surface area contributed by atoms with Crippen LogP contribution in [0.4, 0.5) is 0 Å². The summed E-state index contributed by atoms with van der Waals surface area (Å²) in [6, 6.07) is 9.26. The summed E-state index contributed by atoms with van der Waals surface area (Å²) < 4.78 is 12.2. The zero-order valence-electron chi connectivity index (χ0n) is 11.1. The van der Waals surface area contributed by atoms with Gasteiger partial charge in [0.15, 0.2) is 11.5 Å². The van der Waals surface area contributed by atoms with Crippen LogP contribution in [0.15, 0.2) is 34.8 Å². The maximum Gasteiger partial charge on any atom is 0.165 e. The zero-order valence-corrected chi connectivity index (χ0v) is 15.8. The van der Waals surface area contributed by atoms with Crippen LogP contribution in [-0.2, 0) is 11.9 Å². The zero-order chi connectivity index (χ0) is 15.4. The molecule has 2 aromatic rings. The second-order valence-electron chi connectivity index (χ2n) is 4.25. The lowest BCUT2D eigenvalue weighted by molar-refractivity contribution is 0.282. The number of ether oxygens (including phenoxy) is 2. The van der Waals surface area contributed by atoms with E-state index in [1.54, 1.807) is 13.2 Å². The lowest BCUT2D eigenvalue weighted by Gasteiger charge is -2.15. The summed E-state index contributed by atoms with van der Waals surface area (Å²) >= 11 is 19.1. The molecule has 0 bridgehead atoms. The maximum atomic E-state index is 6.20. The minimum atomic E-state index is 0.351. The van der Waals surface area contributed by atoms with E-state index in [2.05, 4.69) is 31.9 Å². The van der Waals surface area contributed by atoms with Crippen LogP contribution in [0, 0.1) is 0 Å². The predicted octanol–water partition coefficient (Wildman–Crippen LogP) is 6.24. The van der Waals surface area contributed by atoms with Crippen LogP contribution in [0.3, 0.4) is 0 Å². The number of benzene rings is 2. The first kappa shape index (κ1) is 16.9. The van der Waals surface area contributed by atoms with Gasteiger partial charge in [0.1, 0.15) is 6.61 Å². The summed E-state index contributed by atoms with van der Waals surface area (Å²) in [6.45, 7) is 0.351. The first-order valence-electron chi connectivity index (χ1n) is 6.04. The third kappa shape index (κ3) is 4.28. The van der Waals surface area contributed by atoms with E-state index in [0.29, 0.717) is 33.5 Å². The fraction of sp³-hybridized carbons (Fsp3) is 0.200. The van der Waals surface area contributed by atoms with Crippen molar-refractivity contribution in [3.63, 3.8) is 0 Å². The molecule has 0 aliphatic heterocycles. The van der Waals surface area contributed by atoms with E-state index in [-0.39, 0.29) is 0 Å². The minimum absolute atomic E-state index is 0.351. The molecule has 0 aromatic heterocycles. The molecule has 0 saturated carbocycles. The second-order valence-corrected chi connectivity index (χ2v) is 6.57. The molecule has 2 aromatic carbocycles. The predicted molar refractivity (Wildman–Crippen MR) is 94.1 cm³/mol. The Morgan fingerprint density at radius 1 is 1.10 bits per heavy atom. The van der Waals surface area contributed by atoms with Gasteiger partial charge in [-0.2, -0.15) is 0 Å². The summed E-state index contributed by atoms with van der Waals surface area (Å²) in [5.41, 5.74) is 1.82. The molecule has 112 valence electrons. The van der Waals surface area contributed by atoms with Gasteiger partial charge in [-0.05, 0) is 18.2 Å². The van der Waals surface area contributed by atoms with Gasteiger partial charge in [0, 0.05) is 37.0 Å². The highest BCUT2D eigenvalue weighted by Gasteiger charge is 2.13. The van der Waals surface area contributed by atoms with Gasteiger partial charge in [0.2, 0.25) is 0 Å². The van der Waals surface area contributed by atoms with Gasteiger partial charge in [-0.25, -0.2) is 0 Å². The standard InChI is InChI=1S/C15H12Br2Cl2O2/c1-20-14-6-12(18)4-10(7-16)15(14)21-8-9-2-3-11(17)5-13(9)19/h2-6H,7-8H2,1H3. The number of hydrogen-bond donors (Lipinski definition) is 0. The fourth-order valence-corrected chi connectivity index (χ4v) is 3.20. The van der Waals surface area contributed by atoms with E-state index in [4.69, 9.17) is 32.7 Å². The Bertz CT molecular complexity index is 623. The number of hydrogen-bond acceptors (Lipinski definition) is 2. The van der Waals surface area contributed by atoms with Crippen LogP contribution in [-0.4, -0.2) is 7.11 Å². The molecule has 0 saturated heterocycles. The van der Waals surface area contributed by atoms with Crippen molar-refractivity contribution in [1.29, 1.82) is 0 Å². The highest BCUT2D eigenvalue weighted by molar-refractivity contribution is 9.10. The van der Waals surface area contributed by atoms with Crippen LogP contribution >= 0.6 is 55.1 Å². The molecule has 0 aliphatic carbocycles. The van der Waals surface area contributed by atoms with Crippen molar-refractivity contribution in [1.82, 2.24) is 0 Å². The molecule has 0 spiro atoms. The summed E-state index contributed by atoms with van der Waals surface area (Å²) in [5, 5.41) is 1.88. The average Bonchev–Trinajstić information content (AvgIpc) is 2.46. The van der Waals surface area contributed by atoms with Gasteiger partial charge in [-0.15, -0.1) is 0 Å². The van der Waals surface area contributed by atoms with E-state index >= 15 is 0 Å². The third-order valence-corrected chi connectivity index (χ3v) is 4.51. The van der Waals surface area contributed by atoms with Crippen LogP contribution in [0.5, 0.6) is 11.5 Å². The molecule has 6 heteroatoms. The van der Waals surface area contributed by atoms with E-state index in [1.807, 2.05) is 24.3 Å². The van der Waals surface area contributed by atoms with Crippen LogP contribution in [0.2, 0.25) is 10.0 Å². The molecule has 0 aliphatic rings. The SMILES string of the molecule is COc1cc(Cl)cc(CBr)c1OCc1ccc(Br)cc1Cl. The number of methoxy groups -OCH3 is 1.